The first-order valence-electron chi connectivity index (χ1n) is 32.4. The molecule has 0 radical (unpaired) electrons. The molecule has 0 amide bonds. The molecule has 0 N–H and O–H groups in total. The first-order chi connectivity index (χ1) is 46.1. The smallest absolute Gasteiger partial charge is 0.0730 e. The predicted molar refractivity (Wildman–Crippen MR) is 400 cm³/mol. The van der Waals surface area contributed by atoms with E-state index in [4.69, 9.17) is 9.97 Å². The van der Waals surface area contributed by atoms with Crippen LogP contribution in [-0.4, -0.2) is 19.1 Å². The third-order valence-electron chi connectivity index (χ3n) is 20.3. The Kier molecular flexibility index (Phi) is 12.1. The first-order valence-corrected chi connectivity index (χ1v) is 34.1. The van der Waals surface area contributed by atoms with Crippen molar-refractivity contribution in [2.45, 2.75) is 38.5 Å². The Balaban J connectivity index is 0.000000133. The molecule has 6 heterocycles. The number of pyridine rings is 2. The SMILES string of the molecule is CC1(C)c2cc3c4ccccc4n(-c4cc(-c5ccccc5)nc(-c5ccccc5)c4)c3cc2-c2ccc3c(sc4ccccc43)c21.CC1(C)c2cc3sc4ccccc4c3cc2-c2cc3c(cc21)c1ccccc1n3-c1cc(-c2ccccc2)nc(-c2ccccc2)c1. The minimum Gasteiger partial charge on any atom is -0.309 e. The number of aromatic nitrogens is 4. The summed E-state index contributed by atoms with van der Waals surface area (Å²) >= 11 is 3.84. The molecule has 0 fully saturated rings. The highest BCUT2D eigenvalue weighted by Crippen LogP contribution is 2.57. The number of benzene rings is 12. The van der Waals surface area contributed by atoms with Crippen LogP contribution in [0.4, 0.5) is 0 Å². The second-order valence-electron chi connectivity index (χ2n) is 26.4. The van der Waals surface area contributed by atoms with E-state index in [2.05, 4.69) is 328 Å². The van der Waals surface area contributed by atoms with Crippen molar-refractivity contribution in [1.29, 1.82) is 0 Å². The lowest BCUT2D eigenvalue weighted by Gasteiger charge is -2.22. The van der Waals surface area contributed by atoms with Gasteiger partial charge in [0.05, 0.1) is 56.2 Å². The average molecular weight is 1240 g/mol. The van der Waals surface area contributed by atoms with E-state index >= 15 is 0 Å². The fourth-order valence-electron chi connectivity index (χ4n) is 15.8. The third-order valence-corrected chi connectivity index (χ3v) is 22.7. The Labute approximate surface area is 552 Å². The van der Waals surface area contributed by atoms with E-state index in [1.165, 1.54) is 128 Å². The van der Waals surface area contributed by atoms with Gasteiger partial charge in [-0.3, -0.25) is 0 Å². The van der Waals surface area contributed by atoms with Crippen molar-refractivity contribution in [3.8, 4) is 78.7 Å². The summed E-state index contributed by atoms with van der Waals surface area (Å²) in [6, 6.07) is 106. The van der Waals surface area contributed by atoms with Crippen LogP contribution in [0.1, 0.15) is 49.9 Å². The van der Waals surface area contributed by atoms with Crippen molar-refractivity contribution in [3.63, 3.8) is 0 Å². The number of hydrogen-bond acceptors (Lipinski definition) is 4. The highest BCUT2D eigenvalue weighted by molar-refractivity contribution is 7.26. The molecular formula is C88H60N4S2. The summed E-state index contributed by atoms with van der Waals surface area (Å²) in [6.45, 7) is 9.60. The summed E-state index contributed by atoms with van der Waals surface area (Å²) in [5, 5.41) is 10.5. The Morgan fingerprint density at radius 1 is 0.266 bits per heavy atom. The van der Waals surface area contributed by atoms with E-state index in [0.717, 1.165) is 56.4 Å². The van der Waals surface area contributed by atoms with E-state index in [-0.39, 0.29) is 10.8 Å². The van der Waals surface area contributed by atoms with Gasteiger partial charge in [0.2, 0.25) is 0 Å². The maximum Gasteiger partial charge on any atom is 0.0730 e. The van der Waals surface area contributed by atoms with Gasteiger partial charge in [-0.25, -0.2) is 9.97 Å². The van der Waals surface area contributed by atoms with Crippen LogP contribution >= 0.6 is 22.7 Å². The molecule has 0 bridgehead atoms. The van der Waals surface area contributed by atoms with Crippen molar-refractivity contribution < 1.29 is 0 Å². The van der Waals surface area contributed by atoms with Gasteiger partial charge in [0.25, 0.3) is 0 Å². The molecule has 0 atom stereocenters. The predicted octanol–water partition coefficient (Wildman–Crippen LogP) is 24.4. The van der Waals surface area contributed by atoms with E-state index in [0.29, 0.717) is 0 Å². The lowest BCUT2D eigenvalue weighted by molar-refractivity contribution is 0.662. The molecule has 0 saturated heterocycles. The molecule has 6 aromatic heterocycles. The number of nitrogens with zero attached hydrogens (tertiary/aromatic N) is 4. The minimum absolute atomic E-state index is 0.107. The Bertz CT molecular complexity index is 6030. The lowest BCUT2D eigenvalue weighted by atomic mass is 9.81. The number of rotatable bonds is 6. The zero-order valence-corrected chi connectivity index (χ0v) is 54.0. The van der Waals surface area contributed by atoms with Crippen molar-refractivity contribution in [2.24, 2.45) is 0 Å². The molecule has 444 valence electrons. The molecule has 0 aliphatic heterocycles. The van der Waals surface area contributed by atoms with Gasteiger partial charge in [-0.15, -0.1) is 22.7 Å². The topological polar surface area (TPSA) is 35.6 Å². The van der Waals surface area contributed by atoms with Crippen LogP contribution in [0.25, 0.3) is 163 Å². The first kappa shape index (κ1) is 54.7. The lowest BCUT2D eigenvalue weighted by Crippen LogP contribution is -2.15. The Morgan fingerprint density at radius 3 is 1.14 bits per heavy atom. The number of para-hydroxylation sites is 2. The standard InChI is InChI=1S/2C44H30N2S/c1-44(2)36-24-34-30-17-9-11-19-40(30)46(29-21-38(27-13-5-3-6-14-27)45-39(22-29)28-15-7-4-8-16-28)41(34)25-33(36)32-23-35-31-18-10-12-20-42(31)47-43(35)26-37(32)44;1-44(2)36-25-35-30-17-9-11-19-39(30)46(29-23-37(27-13-5-3-6-14-27)45-38(24-29)28-15-7-4-8-16-28)40(35)26-34(36)32-21-22-33-31-18-10-12-20-41(31)47-43(33)42(32)44/h2*3-26H,1-2H3. The summed E-state index contributed by atoms with van der Waals surface area (Å²) in [5.74, 6) is 0. The van der Waals surface area contributed by atoms with E-state index in [1.54, 1.807) is 0 Å². The summed E-state index contributed by atoms with van der Waals surface area (Å²) in [6.07, 6.45) is 0. The molecule has 20 rings (SSSR count). The van der Waals surface area contributed by atoms with Gasteiger partial charge in [0.1, 0.15) is 0 Å². The Hall–Kier alpha value is -11.0. The van der Waals surface area contributed by atoms with Crippen LogP contribution in [0, 0.1) is 0 Å². The maximum absolute atomic E-state index is 5.19. The van der Waals surface area contributed by atoms with Crippen LogP contribution in [0.3, 0.4) is 0 Å². The quantitative estimate of drug-likeness (QED) is 0.166. The van der Waals surface area contributed by atoms with Crippen LogP contribution in [0.15, 0.2) is 291 Å². The molecule has 0 saturated carbocycles. The van der Waals surface area contributed by atoms with E-state index in [9.17, 15) is 0 Å². The van der Waals surface area contributed by atoms with Gasteiger partial charge in [-0.05, 0) is 129 Å². The molecule has 18 aromatic rings. The molecule has 0 spiro atoms. The number of thiophene rings is 2. The largest absolute Gasteiger partial charge is 0.309 e. The van der Waals surface area contributed by atoms with Crippen molar-refractivity contribution >= 4 is 107 Å². The molecular weight excluding hydrogens is 1180 g/mol. The van der Waals surface area contributed by atoms with Gasteiger partial charge in [-0.2, -0.15) is 0 Å². The van der Waals surface area contributed by atoms with E-state index in [1.807, 2.05) is 22.7 Å². The summed E-state index contributed by atoms with van der Waals surface area (Å²) in [4.78, 5) is 10.4. The molecule has 2 aliphatic carbocycles. The molecule has 6 heteroatoms. The van der Waals surface area contributed by atoms with Gasteiger partial charge in [-0.1, -0.05) is 234 Å². The molecule has 2 aliphatic rings. The summed E-state index contributed by atoms with van der Waals surface area (Å²) < 4.78 is 10.4. The zero-order valence-electron chi connectivity index (χ0n) is 52.3. The van der Waals surface area contributed by atoms with Crippen LogP contribution < -0.4 is 0 Å². The van der Waals surface area contributed by atoms with Gasteiger partial charge in [0, 0.05) is 95.0 Å². The monoisotopic (exact) mass is 1240 g/mol. The Morgan fingerprint density at radius 2 is 0.649 bits per heavy atom. The van der Waals surface area contributed by atoms with Crippen LogP contribution in [0.5, 0.6) is 0 Å². The summed E-state index contributed by atoms with van der Waals surface area (Å²) in [5.41, 5.74) is 26.2. The van der Waals surface area contributed by atoms with Gasteiger partial charge in [0.15, 0.2) is 0 Å². The highest BCUT2D eigenvalue weighted by Gasteiger charge is 2.40. The highest BCUT2D eigenvalue weighted by atomic mass is 32.1. The third kappa shape index (κ3) is 8.29. The molecule has 0 unspecified atom stereocenters. The van der Waals surface area contributed by atoms with E-state index < -0.39 is 0 Å². The van der Waals surface area contributed by atoms with Gasteiger partial charge >= 0.3 is 0 Å². The number of fused-ring (bicyclic) bond motifs is 19. The summed E-state index contributed by atoms with van der Waals surface area (Å²) in [7, 11) is 0. The average Bonchev–Trinajstić information content (AvgIpc) is 1.55. The van der Waals surface area contributed by atoms with Gasteiger partial charge < -0.3 is 9.13 Å². The molecule has 12 aromatic carbocycles. The number of hydrogen-bond donors (Lipinski definition) is 0. The van der Waals surface area contributed by atoms with Crippen molar-refractivity contribution in [1.82, 2.24) is 19.1 Å². The van der Waals surface area contributed by atoms with Crippen molar-refractivity contribution in [2.75, 3.05) is 0 Å². The van der Waals surface area contributed by atoms with Crippen molar-refractivity contribution in [3.05, 3.63) is 313 Å². The molecule has 4 nitrogen and oxygen atoms in total. The van der Waals surface area contributed by atoms with Crippen LogP contribution in [-0.2, 0) is 10.8 Å². The fourth-order valence-corrected chi connectivity index (χ4v) is 18.3. The second kappa shape index (κ2) is 20.7. The maximum atomic E-state index is 5.19. The second-order valence-corrected chi connectivity index (χ2v) is 28.5. The molecule has 94 heavy (non-hydrogen) atoms. The zero-order chi connectivity index (χ0) is 62.6. The van der Waals surface area contributed by atoms with Crippen LogP contribution in [0.2, 0.25) is 0 Å². The fraction of sp³-hybridized carbons (Fsp3) is 0.0682. The normalized spacial score (nSPS) is 13.5. The minimum atomic E-state index is -0.125.